The van der Waals surface area contributed by atoms with Gasteiger partial charge in [0.25, 0.3) is 10.9 Å². The van der Waals surface area contributed by atoms with Crippen LogP contribution in [0.25, 0.3) is 27.9 Å². The second-order valence-corrected chi connectivity index (χ2v) is 7.22. The van der Waals surface area contributed by atoms with Gasteiger partial charge in [-0.3, -0.25) is 0 Å². The summed E-state index contributed by atoms with van der Waals surface area (Å²) in [5, 5.41) is 5.97. The molecule has 4 aromatic rings. The fourth-order valence-electron chi connectivity index (χ4n) is 2.49. The predicted octanol–water partition coefficient (Wildman–Crippen LogP) is 1.33. The first-order chi connectivity index (χ1) is 11.4. The van der Waals surface area contributed by atoms with Crippen LogP contribution in [0, 0.1) is 0 Å². The number of fused-ring (bicyclic) bond motifs is 2. The fraction of sp³-hybridized carbons (Fsp3) is 0.0667. The summed E-state index contributed by atoms with van der Waals surface area (Å²) < 4.78 is 24.5. The number of benzene rings is 2. The molecule has 0 radical (unpaired) electrons. The second kappa shape index (κ2) is 4.96. The second-order valence-electron chi connectivity index (χ2n) is 5.31. The number of nitrogens with two attached hydrogens (primary N) is 1. The van der Waals surface area contributed by atoms with Crippen molar-refractivity contribution < 1.29 is 8.42 Å². The van der Waals surface area contributed by atoms with Gasteiger partial charge in [-0.1, -0.05) is 42.5 Å². The van der Waals surface area contributed by atoms with E-state index < -0.39 is 9.84 Å². The molecule has 2 aromatic carbocycles. The van der Waals surface area contributed by atoms with Crippen molar-refractivity contribution in [3.8, 4) is 11.4 Å². The van der Waals surface area contributed by atoms with Crippen molar-refractivity contribution in [1.82, 2.24) is 24.6 Å². The standard InChI is InChI=1S/C15H12N6O2S/c1-24(22,23)15-18-13(16)21-14(19-15)17-12(20-21)11-8-4-6-9-5-2-3-7-10(9)11/h2-8H,1H3,(H2,16,17,18,19,20). The van der Waals surface area contributed by atoms with E-state index in [1.807, 2.05) is 42.5 Å². The summed E-state index contributed by atoms with van der Waals surface area (Å²) in [4.78, 5) is 12.0. The van der Waals surface area contributed by atoms with Crippen molar-refractivity contribution in [2.24, 2.45) is 0 Å². The van der Waals surface area contributed by atoms with E-state index in [2.05, 4.69) is 20.1 Å². The van der Waals surface area contributed by atoms with Gasteiger partial charge in [-0.05, 0) is 10.8 Å². The maximum atomic E-state index is 11.6. The van der Waals surface area contributed by atoms with Crippen LogP contribution in [0.3, 0.4) is 0 Å². The van der Waals surface area contributed by atoms with E-state index in [1.165, 1.54) is 4.52 Å². The lowest BCUT2D eigenvalue weighted by Crippen LogP contribution is -2.11. The Morgan fingerprint density at radius 1 is 1.00 bits per heavy atom. The number of hydrogen-bond donors (Lipinski definition) is 1. The molecule has 0 unspecified atom stereocenters. The molecule has 0 saturated carbocycles. The van der Waals surface area contributed by atoms with Gasteiger partial charge >= 0.3 is 0 Å². The first kappa shape index (κ1) is 14.5. The maximum absolute atomic E-state index is 11.6. The molecule has 120 valence electrons. The molecule has 0 saturated heterocycles. The molecule has 2 N–H and O–H groups in total. The van der Waals surface area contributed by atoms with E-state index in [1.54, 1.807) is 0 Å². The number of nitrogen functional groups attached to an aromatic ring is 1. The van der Waals surface area contributed by atoms with Crippen LogP contribution in [0.15, 0.2) is 47.6 Å². The van der Waals surface area contributed by atoms with E-state index >= 15 is 0 Å². The molecule has 0 aliphatic heterocycles. The van der Waals surface area contributed by atoms with Crippen LogP contribution in [0.2, 0.25) is 0 Å². The number of sulfone groups is 1. The smallest absolute Gasteiger partial charge is 0.258 e. The van der Waals surface area contributed by atoms with Crippen molar-refractivity contribution in [2.75, 3.05) is 12.0 Å². The molecule has 9 heteroatoms. The molecule has 2 heterocycles. The molecule has 2 aromatic heterocycles. The van der Waals surface area contributed by atoms with E-state index in [9.17, 15) is 8.42 Å². The zero-order valence-corrected chi connectivity index (χ0v) is 13.4. The van der Waals surface area contributed by atoms with Crippen LogP contribution in [0.1, 0.15) is 0 Å². The van der Waals surface area contributed by atoms with E-state index in [0.29, 0.717) is 5.82 Å². The minimum atomic E-state index is -3.59. The zero-order valence-electron chi connectivity index (χ0n) is 12.6. The molecule has 0 fully saturated rings. The van der Waals surface area contributed by atoms with Crippen LogP contribution < -0.4 is 5.73 Å². The zero-order chi connectivity index (χ0) is 16.9. The molecule has 0 aliphatic carbocycles. The molecule has 0 aliphatic rings. The van der Waals surface area contributed by atoms with Crippen LogP contribution in [-0.4, -0.2) is 39.2 Å². The average Bonchev–Trinajstić information content (AvgIpc) is 2.98. The Labute approximate surface area is 136 Å². The number of rotatable bonds is 2. The lowest BCUT2D eigenvalue weighted by molar-refractivity contribution is 0.592. The van der Waals surface area contributed by atoms with E-state index in [4.69, 9.17) is 5.73 Å². The Morgan fingerprint density at radius 2 is 1.75 bits per heavy atom. The monoisotopic (exact) mass is 340 g/mol. The fourth-order valence-corrected chi connectivity index (χ4v) is 2.99. The van der Waals surface area contributed by atoms with Gasteiger partial charge < -0.3 is 5.73 Å². The molecule has 0 amide bonds. The molecule has 0 bridgehead atoms. The summed E-state index contributed by atoms with van der Waals surface area (Å²) in [7, 11) is -3.59. The minimum absolute atomic E-state index is 0.0839. The number of anilines is 1. The highest BCUT2D eigenvalue weighted by Gasteiger charge is 2.18. The Balaban J connectivity index is 2.00. The van der Waals surface area contributed by atoms with Crippen molar-refractivity contribution in [1.29, 1.82) is 0 Å². The topological polar surface area (TPSA) is 116 Å². The third kappa shape index (κ3) is 2.26. The molecular weight excluding hydrogens is 328 g/mol. The molecule has 0 spiro atoms. The lowest BCUT2D eigenvalue weighted by Gasteiger charge is -2.01. The quantitative estimate of drug-likeness (QED) is 0.585. The van der Waals surface area contributed by atoms with E-state index in [0.717, 1.165) is 22.6 Å². The summed E-state index contributed by atoms with van der Waals surface area (Å²) in [6, 6.07) is 13.6. The normalized spacial score (nSPS) is 12.0. The third-order valence-electron chi connectivity index (χ3n) is 3.58. The van der Waals surface area contributed by atoms with Crippen LogP contribution in [-0.2, 0) is 9.84 Å². The first-order valence-corrected chi connectivity index (χ1v) is 8.91. The van der Waals surface area contributed by atoms with Gasteiger partial charge in [0.1, 0.15) is 0 Å². The molecule has 8 nitrogen and oxygen atoms in total. The Hall–Kier alpha value is -3.07. The third-order valence-corrected chi connectivity index (χ3v) is 4.42. The minimum Gasteiger partial charge on any atom is -0.368 e. The first-order valence-electron chi connectivity index (χ1n) is 7.02. The van der Waals surface area contributed by atoms with Crippen LogP contribution in [0.5, 0.6) is 0 Å². The Bertz CT molecular complexity index is 1190. The van der Waals surface area contributed by atoms with Gasteiger partial charge in [-0.25, -0.2) is 8.42 Å². The largest absolute Gasteiger partial charge is 0.368 e. The van der Waals surface area contributed by atoms with Crippen molar-refractivity contribution in [3.05, 3.63) is 42.5 Å². The summed E-state index contributed by atoms with van der Waals surface area (Å²) >= 11 is 0. The molecular formula is C15H12N6O2S. The summed E-state index contributed by atoms with van der Waals surface area (Å²) in [5.74, 6) is 0.406. The van der Waals surface area contributed by atoms with Gasteiger partial charge in [0.2, 0.25) is 15.8 Å². The molecule has 0 atom stereocenters. The highest BCUT2D eigenvalue weighted by atomic mass is 32.2. The maximum Gasteiger partial charge on any atom is 0.258 e. The predicted molar refractivity (Wildman–Crippen MR) is 89.0 cm³/mol. The average molecular weight is 340 g/mol. The van der Waals surface area contributed by atoms with Crippen molar-refractivity contribution >= 4 is 32.3 Å². The van der Waals surface area contributed by atoms with Crippen molar-refractivity contribution in [3.63, 3.8) is 0 Å². The van der Waals surface area contributed by atoms with Crippen LogP contribution >= 0.6 is 0 Å². The highest BCUT2D eigenvalue weighted by Crippen LogP contribution is 2.26. The Morgan fingerprint density at radius 3 is 2.54 bits per heavy atom. The number of nitrogens with zero attached hydrogens (tertiary/aromatic N) is 5. The number of aromatic nitrogens is 5. The molecule has 4 rings (SSSR count). The van der Waals surface area contributed by atoms with Gasteiger partial charge in [0.15, 0.2) is 5.82 Å². The van der Waals surface area contributed by atoms with Gasteiger partial charge in [-0.2, -0.15) is 19.5 Å². The van der Waals surface area contributed by atoms with Gasteiger partial charge in [0, 0.05) is 11.8 Å². The van der Waals surface area contributed by atoms with Gasteiger partial charge in [0.05, 0.1) is 0 Å². The molecule has 24 heavy (non-hydrogen) atoms. The summed E-state index contributed by atoms with van der Waals surface area (Å²) in [5.41, 5.74) is 6.61. The SMILES string of the molecule is CS(=O)(=O)c1nc(N)n2nc(-c3cccc4ccccc34)nc2n1. The van der Waals surface area contributed by atoms with Crippen LogP contribution in [0.4, 0.5) is 5.95 Å². The summed E-state index contributed by atoms with van der Waals surface area (Å²) in [6.45, 7) is 0. The lowest BCUT2D eigenvalue weighted by atomic mass is 10.0. The summed E-state index contributed by atoms with van der Waals surface area (Å²) in [6.07, 6.45) is 1.01. The number of hydrogen-bond acceptors (Lipinski definition) is 7. The van der Waals surface area contributed by atoms with Crippen molar-refractivity contribution in [2.45, 2.75) is 5.16 Å². The van der Waals surface area contributed by atoms with E-state index in [-0.39, 0.29) is 16.9 Å². The Kier molecular flexibility index (Phi) is 3.00. The highest BCUT2D eigenvalue weighted by molar-refractivity contribution is 7.90. The van der Waals surface area contributed by atoms with Gasteiger partial charge in [-0.15, -0.1) is 5.10 Å².